The fourth-order valence-electron chi connectivity index (χ4n) is 3.80. The lowest BCUT2D eigenvalue weighted by Gasteiger charge is -2.31. The van der Waals surface area contributed by atoms with Gasteiger partial charge in [-0.25, -0.2) is 4.79 Å². The Morgan fingerprint density at radius 1 is 0.964 bits per heavy atom. The maximum Gasteiger partial charge on any atom is 0.315 e. The van der Waals surface area contributed by atoms with Crippen molar-refractivity contribution in [2.75, 3.05) is 19.6 Å². The molecule has 28 heavy (non-hydrogen) atoms. The molecule has 0 aliphatic carbocycles. The van der Waals surface area contributed by atoms with Crippen LogP contribution in [0.25, 0.3) is 0 Å². The number of amides is 3. The quantitative estimate of drug-likeness (QED) is 0.807. The number of carbonyl (C=O) groups is 2. The molecule has 1 heterocycles. The van der Waals surface area contributed by atoms with E-state index in [1.54, 1.807) is 6.92 Å². The van der Waals surface area contributed by atoms with Gasteiger partial charge in [0.1, 0.15) is 0 Å². The van der Waals surface area contributed by atoms with Gasteiger partial charge in [-0.1, -0.05) is 60.7 Å². The molecule has 3 amide bonds. The number of hydrogen-bond acceptors (Lipinski definition) is 2. The van der Waals surface area contributed by atoms with Gasteiger partial charge < -0.3 is 15.5 Å². The molecule has 2 N–H and O–H groups in total. The van der Waals surface area contributed by atoms with E-state index in [1.807, 2.05) is 17.0 Å². The van der Waals surface area contributed by atoms with Crippen molar-refractivity contribution in [2.45, 2.75) is 38.1 Å². The number of urea groups is 1. The molecule has 5 heteroatoms. The molecule has 2 aromatic rings. The lowest BCUT2D eigenvalue weighted by molar-refractivity contribution is -0.129. The summed E-state index contributed by atoms with van der Waals surface area (Å²) in [5.74, 6) is 0.359. The highest BCUT2D eigenvalue weighted by molar-refractivity contribution is 5.75. The second kappa shape index (κ2) is 9.93. The smallest absolute Gasteiger partial charge is 0.315 e. The van der Waals surface area contributed by atoms with E-state index >= 15 is 0 Å². The first-order valence-corrected chi connectivity index (χ1v) is 10.0. The third kappa shape index (κ3) is 5.59. The van der Waals surface area contributed by atoms with Crippen LogP contribution in [-0.4, -0.2) is 42.5 Å². The average molecular weight is 380 g/mol. The lowest BCUT2D eigenvalue weighted by Crippen LogP contribution is -2.48. The minimum absolute atomic E-state index is 0.107. The minimum Gasteiger partial charge on any atom is -0.343 e. The molecule has 1 aliphatic heterocycles. The molecule has 0 spiro atoms. The monoisotopic (exact) mass is 379 g/mol. The normalized spacial score (nSPS) is 14.7. The number of rotatable bonds is 6. The minimum atomic E-state index is -0.124. The first-order valence-electron chi connectivity index (χ1n) is 10.0. The van der Waals surface area contributed by atoms with Crippen molar-refractivity contribution in [3.8, 4) is 0 Å². The Labute approximate surface area is 167 Å². The standard InChI is InChI=1S/C23H29N3O2/c1-18(27)26-16-13-21(14-17-26)25-23(28)24-15-12-22(19-8-4-2-5-9-19)20-10-6-3-7-11-20/h2-11,21-22H,12-17H2,1H3,(H2,24,25,28). The first kappa shape index (κ1) is 19.9. The molecule has 0 unspecified atom stereocenters. The number of piperidine rings is 1. The molecular formula is C23H29N3O2. The van der Waals surface area contributed by atoms with Gasteiger partial charge in [-0.05, 0) is 30.4 Å². The van der Waals surface area contributed by atoms with Crippen molar-refractivity contribution in [3.63, 3.8) is 0 Å². The summed E-state index contributed by atoms with van der Waals surface area (Å²) in [5, 5.41) is 6.05. The topological polar surface area (TPSA) is 61.4 Å². The zero-order valence-electron chi connectivity index (χ0n) is 16.4. The van der Waals surface area contributed by atoms with E-state index in [9.17, 15) is 9.59 Å². The number of benzene rings is 2. The van der Waals surface area contributed by atoms with Crippen LogP contribution in [0.3, 0.4) is 0 Å². The van der Waals surface area contributed by atoms with Gasteiger partial charge in [0, 0.05) is 38.5 Å². The molecule has 0 bridgehead atoms. The van der Waals surface area contributed by atoms with Crippen molar-refractivity contribution in [2.24, 2.45) is 0 Å². The maximum absolute atomic E-state index is 12.3. The summed E-state index contributed by atoms with van der Waals surface area (Å²) < 4.78 is 0. The Bertz CT molecular complexity index is 716. The molecule has 0 radical (unpaired) electrons. The summed E-state index contributed by atoms with van der Waals surface area (Å²) in [6.07, 6.45) is 2.46. The van der Waals surface area contributed by atoms with Gasteiger partial charge in [-0.2, -0.15) is 0 Å². The number of likely N-dealkylation sites (tertiary alicyclic amines) is 1. The van der Waals surface area contributed by atoms with E-state index in [4.69, 9.17) is 0 Å². The Hall–Kier alpha value is -2.82. The Balaban J connectivity index is 1.49. The SMILES string of the molecule is CC(=O)N1CCC(NC(=O)NCCC(c2ccccc2)c2ccccc2)CC1. The van der Waals surface area contributed by atoms with Gasteiger partial charge in [-0.3, -0.25) is 4.79 Å². The average Bonchev–Trinajstić information content (AvgIpc) is 2.73. The zero-order valence-corrected chi connectivity index (χ0v) is 16.4. The van der Waals surface area contributed by atoms with E-state index < -0.39 is 0 Å². The number of hydrogen-bond donors (Lipinski definition) is 2. The first-order chi connectivity index (χ1) is 13.6. The summed E-state index contributed by atoms with van der Waals surface area (Å²) in [6, 6.07) is 20.8. The highest BCUT2D eigenvalue weighted by Crippen LogP contribution is 2.27. The van der Waals surface area contributed by atoms with Crippen molar-refractivity contribution >= 4 is 11.9 Å². The lowest BCUT2D eigenvalue weighted by atomic mass is 9.88. The molecule has 3 rings (SSSR count). The van der Waals surface area contributed by atoms with E-state index in [0.717, 1.165) is 19.3 Å². The molecule has 0 atom stereocenters. The highest BCUT2D eigenvalue weighted by Gasteiger charge is 2.22. The van der Waals surface area contributed by atoms with Gasteiger partial charge >= 0.3 is 6.03 Å². The molecule has 0 saturated carbocycles. The molecule has 1 aliphatic rings. The van der Waals surface area contributed by atoms with Crippen LogP contribution >= 0.6 is 0 Å². The summed E-state index contributed by atoms with van der Waals surface area (Å²) in [6.45, 7) is 3.62. The Kier molecular flexibility index (Phi) is 7.06. The molecule has 2 aromatic carbocycles. The van der Waals surface area contributed by atoms with Crippen molar-refractivity contribution < 1.29 is 9.59 Å². The Morgan fingerprint density at radius 2 is 1.50 bits per heavy atom. The van der Waals surface area contributed by atoms with Crippen LogP contribution < -0.4 is 10.6 Å². The van der Waals surface area contributed by atoms with Crippen LogP contribution in [0.1, 0.15) is 43.2 Å². The number of carbonyl (C=O) groups excluding carboxylic acids is 2. The van der Waals surface area contributed by atoms with E-state index in [1.165, 1.54) is 11.1 Å². The molecule has 0 aromatic heterocycles. The van der Waals surface area contributed by atoms with E-state index in [2.05, 4.69) is 59.2 Å². The van der Waals surface area contributed by atoms with Crippen LogP contribution in [0.2, 0.25) is 0 Å². The third-order valence-corrected chi connectivity index (χ3v) is 5.40. The summed E-state index contributed by atoms with van der Waals surface area (Å²) >= 11 is 0. The Morgan fingerprint density at radius 3 is 2.00 bits per heavy atom. The highest BCUT2D eigenvalue weighted by atomic mass is 16.2. The van der Waals surface area contributed by atoms with Crippen molar-refractivity contribution in [1.29, 1.82) is 0 Å². The van der Waals surface area contributed by atoms with Crippen LogP contribution in [-0.2, 0) is 4.79 Å². The van der Waals surface area contributed by atoms with Gasteiger partial charge in [0.25, 0.3) is 0 Å². The zero-order chi connectivity index (χ0) is 19.8. The maximum atomic E-state index is 12.3. The molecule has 1 fully saturated rings. The van der Waals surface area contributed by atoms with Crippen LogP contribution in [0.15, 0.2) is 60.7 Å². The molecule has 1 saturated heterocycles. The van der Waals surface area contributed by atoms with Gasteiger partial charge in [-0.15, -0.1) is 0 Å². The number of nitrogens with one attached hydrogen (secondary N) is 2. The number of nitrogens with zero attached hydrogens (tertiary/aromatic N) is 1. The molecule has 148 valence electrons. The fourth-order valence-corrected chi connectivity index (χ4v) is 3.80. The fraction of sp³-hybridized carbons (Fsp3) is 0.391. The van der Waals surface area contributed by atoms with Crippen LogP contribution in [0, 0.1) is 0 Å². The van der Waals surface area contributed by atoms with Gasteiger partial charge in [0.15, 0.2) is 0 Å². The van der Waals surface area contributed by atoms with Crippen molar-refractivity contribution in [3.05, 3.63) is 71.8 Å². The predicted molar refractivity (Wildman–Crippen MR) is 111 cm³/mol. The van der Waals surface area contributed by atoms with E-state index in [-0.39, 0.29) is 23.9 Å². The summed E-state index contributed by atoms with van der Waals surface area (Å²) in [5.41, 5.74) is 2.51. The van der Waals surface area contributed by atoms with Crippen LogP contribution in [0.5, 0.6) is 0 Å². The van der Waals surface area contributed by atoms with Crippen LogP contribution in [0.4, 0.5) is 4.79 Å². The van der Waals surface area contributed by atoms with Gasteiger partial charge in [0.05, 0.1) is 0 Å². The predicted octanol–water partition coefficient (Wildman–Crippen LogP) is 3.52. The largest absolute Gasteiger partial charge is 0.343 e. The third-order valence-electron chi connectivity index (χ3n) is 5.40. The second-order valence-electron chi connectivity index (χ2n) is 7.34. The molecular weight excluding hydrogens is 350 g/mol. The van der Waals surface area contributed by atoms with E-state index in [0.29, 0.717) is 19.6 Å². The van der Waals surface area contributed by atoms with Gasteiger partial charge in [0.2, 0.25) is 5.91 Å². The van der Waals surface area contributed by atoms with Crippen molar-refractivity contribution in [1.82, 2.24) is 15.5 Å². The summed E-state index contributed by atoms with van der Waals surface area (Å²) in [7, 11) is 0. The molecule has 5 nitrogen and oxygen atoms in total. The summed E-state index contributed by atoms with van der Waals surface area (Å²) in [4.78, 5) is 25.5. The second-order valence-corrected chi connectivity index (χ2v) is 7.34.